The molecule has 0 fully saturated rings. The monoisotopic (exact) mass is 193 g/mol. The summed E-state index contributed by atoms with van der Waals surface area (Å²) in [5, 5.41) is 0.936. The van der Waals surface area contributed by atoms with Gasteiger partial charge in [-0.25, -0.2) is 4.39 Å². The van der Waals surface area contributed by atoms with Crippen molar-refractivity contribution in [3.63, 3.8) is 0 Å². The molecular formula is C11H12FNO. The van der Waals surface area contributed by atoms with Crippen molar-refractivity contribution in [3.8, 4) is 5.75 Å². The van der Waals surface area contributed by atoms with Crippen LogP contribution in [0, 0.1) is 5.82 Å². The Balaban J connectivity index is 2.71. The van der Waals surface area contributed by atoms with Gasteiger partial charge in [0.25, 0.3) is 0 Å². The van der Waals surface area contributed by atoms with Crippen LogP contribution in [-0.2, 0) is 6.42 Å². The number of nitrogens with one attached hydrogen (secondary N) is 1. The van der Waals surface area contributed by atoms with Crippen LogP contribution in [0.5, 0.6) is 5.75 Å². The number of ether oxygens (including phenoxy) is 1. The third kappa shape index (κ3) is 1.35. The molecule has 1 heterocycles. The zero-order valence-electron chi connectivity index (χ0n) is 8.23. The fraction of sp³-hybridized carbons (Fsp3) is 0.273. The lowest BCUT2D eigenvalue weighted by Gasteiger charge is -2.00. The molecule has 2 aromatic rings. The van der Waals surface area contributed by atoms with Crippen molar-refractivity contribution in [1.29, 1.82) is 0 Å². The van der Waals surface area contributed by atoms with Gasteiger partial charge in [0.2, 0.25) is 0 Å². The zero-order valence-corrected chi connectivity index (χ0v) is 8.23. The highest BCUT2D eigenvalue weighted by Gasteiger charge is 2.07. The Morgan fingerprint density at radius 2 is 2.14 bits per heavy atom. The molecule has 0 aliphatic rings. The van der Waals surface area contributed by atoms with Crippen LogP contribution >= 0.6 is 0 Å². The number of aryl methyl sites for hydroxylation is 1. The molecule has 0 unspecified atom stereocenters. The molecule has 74 valence electrons. The lowest BCUT2D eigenvalue weighted by molar-refractivity contribution is 0.416. The van der Waals surface area contributed by atoms with Crippen LogP contribution in [0.1, 0.15) is 12.6 Å². The molecule has 0 radical (unpaired) electrons. The molecule has 2 rings (SSSR count). The van der Waals surface area contributed by atoms with Crippen LogP contribution in [0.15, 0.2) is 18.2 Å². The van der Waals surface area contributed by atoms with Crippen LogP contribution in [-0.4, -0.2) is 12.1 Å². The molecule has 0 atom stereocenters. The van der Waals surface area contributed by atoms with Crippen molar-refractivity contribution in [2.75, 3.05) is 7.11 Å². The maximum Gasteiger partial charge on any atom is 0.131 e. The van der Waals surface area contributed by atoms with E-state index in [9.17, 15) is 4.39 Å². The van der Waals surface area contributed by atoms with E-state index in [1.54, 1.807) is 7.11 Å². The van der Waals surface area contributed by atoms with Crippen molar-refractivity contribution >= 4 is 10.9 Å². The highest BCUT2D eigenvalue weighted by Crippen LogP contribution is 2.27. The highest BCUT2D eigenvalue weighted by molar-refractivity contribution is 5.86. The lowest BCUT2D eigenvalue weighted by Crippen LogP contribution is -1.85. The largest absolute Gasteiger partial charge is 0.496 e. The molecule has 1 aromatic heterocycles. The summed E-state index contributed by atoms with van der Waals surface area (Å²) >= 11 is 0. The van der Waals surface area contributed by atoms with E-state index in [0.29, 0.717) is 5.75 Å². The van der Waals surface area contributed by atoms with Gasteiger partial charge in [0, 0.05) is 17.1 Å². The van der Waals surface area contributed by atoms with Crippen molar-refractivity contribution in [1.82, 2.24) is 4.98 Å². The SMILES string of the molecule is CCc1cc2c(OC)cc(F)cc2[nH]1. The van der Waals surface area contributed by atoms with E-state index in [-0.39, 0.29) is 5.82 Å². The molecule has 0 aliphatic carbocycles. The van der Waals surface area contributed by atoms with Crippen LogP contribution < -0.4 is 4.74 Å². The van der Waals surface area contributed by atoms with Gasteiger partial charge in [0.05, 0.1) is 12.6 Å². The van der Waals surface area contributed by atoms with E-state index in [1.165, 1.54) is 12.1 Å². The maximum absolute atomic E-state index is 13.1. The number of halogens is 1. The number of H-pyrrole nitrogens is 1. The number of hydrogen-bond donors (Lipinski definition) is 1. The quantitative estimate of drug-likeness (QED) is 0.779. The Kier molecular flexibility index (Phi) is 2.15. The molecule has 0 saturated carbocycles. The Morgan fingerprint density at radius 3 is 2.79 bits per heavy atom. The number of aromatic amines is 1. The molecule has 0 amide bonds. The molecule has 0 bridgehead atoms. The second-order valence-corrected chi connectivity index (χ2v) is 3.22. The fourth-order valence-corrected chi connectivity index (χ4v) is 1.59. The fourth-order valence-electron chi connectivity index (χ4n) is 1.59. The standard InChI is InChI=1S/C11H12FNO/c1-3-8-6-9-10(13-8)4-7(12)5-11(9)14-2/h4-6,13H,3H2,1-2H3. The average molecular weight is 193 g/mol. The number of aromatic nitrogens is 1. The molecule has 0 aliphatic heterocycles. The summed E-state index contributed by atoms with van der Waals surface area (Å²) in [6, 6.07) is 4.88. The summed E-state index contributed by atoms with van der Waals surface area (Å²) in [6.07, 6.45) is 0.902. The summed E-state index contributed by atoms with van der Waals surface area (Å²) in [4.78, 5) is 3.14. The van der Waals surface area contributed by atoms with E-state index >= 15 is 0 Å². The third-order valence-corrected chi connectivity index (χ3v) is 2.32. The number of fused-ring (bicyclic) bond motifs is 1. The third-order valence-electron chi connectivity index (χ3n) is 2.32. The minimum atomic E-state index is -0.279. The zero-order chi connectivity index (χ0) is 10.1. The second-order valence-electron chi connectivity index (χ2n) is 3.22. The van der Waals surface area contributed by atoms with Crippen LogP contribution in [0.4, 0.5) is 4.39 Å². The minimum absolute atomic E-state index is 0.279. The first-order chi connectivity index (χ1) is 6.74. The average Bonchev–Trinajstić information content (AvgIpc) is 2.59. The van der Waals surface area contributed by atoms with Gasteiger partial charge in [-0.15, -0.1) is 0 Å². The van der Waals surface area contributed by atoms with Gasteiger partial charge in [-0.3, -0.25) is 0 Å². The van der Waals surface area contributed by atoms with Crippen LogP contribution in [0.25, 0.3) is 10.9 Å². The molecule has 0 saturated heterocycles. The second kappa shape index (κ2) is 3.33. The first-order valence-corrected chi connectivity index (χ1v) is 4.59. The topological polar surface area (TPSA) is 25.0 Å². The minimum Gasteiger partial charge on any atom is -0.496 e. The molecule has 1 aromatic carbocycles. The first kappa shape index (κ1) is 9.06. The van der Waals surface area contributed by atoms with Crippen molar-refractivity contribution < 1.29 is 9.13 Å². The molecule has 1 N–H and O–H groups in total. The Labute approximate surface area is 81.7 Å². The Hall–Kier alpha value is -1.51. The molecular weight excluding hydrogens is 181 g/mol. The van der Waals surface area contributed by atoms with Gasteiger partial charge in [0.15, 0.2) is 0 Å². The lowest BCUT2D eigenvalue weighted by atomic mass is 10.2. The molecule has 3 heteroatoms. The molecule has 0 spiro atoms. The number of rotatable bonds is 2. The van der Waals surface area contributed by atoms with E-state index in [4.69, 9.17) is 4.74 Å². The number of methoxy groups -OCH3 is 1. The summed E-state index contributed by atoms with van der Waals surface area (Å²) < 4.78 is 18.2. The van der Waals surface area contributed by atoms with Gasteiger partial charge in [0.1, 0.15) is 11.6 Å². The Bertz CT molecular complexity index is 462. The Morgan fingerprint density at radius 1 is 1.36 bits per heavy atom. The van der Waals surface area contributed by atoms with E-state index in [2.05, 4.69) is 4.98 Å². The van der Waals surface area contributed by atoms with Crippen molar-refractivity contribution in [3.05, 3.63) is 29.7 Å². The number of benzene rings is 1. The van der Waals surface area contributed by atoms with Gasteiger partial charge < -0.3 is 9.72 Å². The van der Waals surface area contributed by atoms with Gasteiger partial charge in [-0.05, 0) is 18.6 Å². The van der Waals surface area contributed by atoms with E-state index in [1.807, 2.05) is 13.0 Å². The predicted octanol–water partition coefficient (Wildman–Crippen LogP) is 2.88. The highest BCUT2D eigenvalue weighted by atomic mass is 19.1. The first-order valence-electron chi connectivity index (χ1n) is 4.59. The summed E-state index contributed by atoms with van der Waals surface area (Å²) in [6.45, 7) is 2.05. The van der Waals surface area contributed by atoms with E-state index < -0.39 is 0 Å². The summed E-state index contributed by atoms with van der Waals surface area (Å²) in [5.74, 6) is 0.301. The van der Waals surface area contributed by atoms with Crippen molar-refractivity contribution in [2.24, 2.45) is 0 Å². The van der Waals surface area contributed by atoms with Crippen molar-refractivity contribution in [2.45, 2.75) is 13.3 Å². The predicted molar refractivity (Wildman–Crippen MR) is 54.2 cm³/mol. The smallest absolute Gasteiger partial charge is 0.131 e. The summed E-state index contributed by atoms with van der Waals surface area (Å²) in [7, 11) is 1.55. The van der Waals surface area contributed by atoms with Gasteiger partial charge in [-0.1, -0.05) is 6.92 Å². The molecule has 2 nitrogen and oxygen atoms in total. The van der Waals surface area contributed by atoms with Crippen LogP contribution in [0.3, 0.4) is 0 Å². The number of hydrogen-bond acceptors (Lipinski definition) is 1. The van der Waals surface area contributed by atoms with Crippen LogP contribution in [0.2, 0.25) is 0 Å². The van der Waals surface area contributed by atoms with Gasteiger partial charge in [-0.2, -0.15) is 0 Å². The normalized spacial score (nSPS) is 10.8. The van der Waals surface area contributed by atoms with E-state index in [0.717, 1.165) is 23.0 Å². The molecule has 14 heavy (non-hydrogen) atoms. The van der Waals surface area contributed by atoms with Gasteiger partial charge >= 0.3 is 0 Å². The maximum atomic E-state index is 13.1. The summed E-state index contributed by atoms with van der Waals surface area (Å²) in [5.41, 5.74) is 1.88.